The van der Waals surface area contributed by atoms with Crippen LogP contribution in [0.4, 0.5) is 0 Å². The zero-order valence-electron chi connectivity index (χ0n) is 14.7. The highest BCUT2D eigenvalue weighted by atomic mass is 16.5. The standard InChI is InChI=1S/C20H36O2/c1-3-5-7-9-11-13-15-17-19-22-20(21)18-16-14-12-10-8-6-4-2/h3-4,6H,1,5,7-19H2,2H3. The number of unbranched alkanes of at least 4 members (excludes halogenated alkanes) is 10. The maximum atomic E-state index is 11.5. The summed E-state index contributed by atoms with van der Waals surface area (Å²) in [5, 5.41) is 0. The number of rotatable bonds is 16. The van der Waals surface area contributed by atoms with Gasteiger partial charge in [-0.05, 0) is 45.4 Å². The van der Waals surface area contributed by atoms with Crippen LogP contribution in [-0.2, 0) is 9.53 Å². The quantitative estimate of drug-likeness (QED) is 0.188. The van der Waals surface area contributed by atoms with E-state index in [2.05, 4.69) is 25.7 Å². The molecular weight excluding hydrogens is 272 g/mol. The molecule has 0 saturated carbocycles. The van der Waals surface area contributed by atoms with Crippen molar-refractivity contribution in [2.24, 2.45) is 0 Å². The Labute approximate surface area is 138 Å². The van der Waals surface area contributed by atoms with Crippen LogP contribution >= 0.6 is 0 Å². The van der Waals surface area contributed by atoms with Crippen LogP contribution in [0.5, 0.6) is 0 Å². The molecule has 0 saturated heterocycles. The van der Waals surface area contributed by atoms with Gasteiger partial charge in [0.15, 0.2) is 0 Å². The van der Waals surface area contributed by atoms with Crippen molar-refractivity contribution in [3.05, 3.63) is 24.8 Å². The second-order valence-corrected chi connectivity index (χ2v) is 5.94. The SMILES string of the molecule is C=CCCCCCCCCOC(=O)CCCCCCC=CC. The third kappa shape index (κ3) is 17.0. The van der Waals surface area contributed by atoms with Crippen LogP contribution in [0.1, 0.15) is 90.4 Å². The molecule has 0 aliphatic carbocycles. The van der Waals surface area contributed by atoms with Crippen LogP contribution in [-0.4, -0.2) is 12.6 Å². The zero-order chi connectivity index (χ0) is 16.3. The molecule has 0 aromatic carbocycles. The molecule has 2 heteroatoms. The minimum Gasteiger partial charge on any atom is -0.466 e. The lowest BCUT2D eigenvalue weighted by atomic mass is 10.1. The second-order valence-electron chi connectivity index (χ2n) is 5.94. The molecule has 0 unspecified atom stereocenters. The molecule has 0 aromatic heterocycles. The third-order valence-corrected chi connectivity index (χ3v) is 3.80. The maximum Gasteiger partial charge on any atom is 0.305 e. The first-order valence-electron chi connectivity index (χ1n) is 9.19. The average Bonchev–Trinajstić information content (AvgIpc) is 2.52. The summed E-state index contributed by atoms with van der Waals surface area (Å²) >= 11 is 0. The van der Waals surface area contributed by atoms with Crippen molar-refractivity contribution in [2.45, 2.75) is 90.4 Å². The molecule has 0 radical (unpaired) electrons. The zero-order valence-corrected chi connectivity index (χ0v) is 14.7. The fourth-order valence-electron chi connectivity index (χ4n) is 2.41. The Bertz CT molecular complexity index is 281. The van der Waals surface area contributed by atoms with E-state index in [9.17, 15) is 4.79 Å². The first kappa shape index (κ1) is 20.9. The number of allylic oxidation sites excluding steroid dienone is 3. The van der Waals surface area contributed by atoms with Gasteiger partial charge in [-0.1, -0.05) is 56.8 Å². The molecule has 128 valence electrons. The fraction of sp³-hybridized carbons (Fsp3) is 0.750. The van der Waals surface area contributed by atoms with Gasteiger partial charge in [0, 0.05) is 6.42 Å². The van der Waals surface area contributed by atoms with E-state index in [1.807, 2.05) is 6.08 Å². The Morgan fingerprint density at radius 1 is 0.864 bits per heavy atom. The Morgan fingerprint density at radius 3 is 2.14 bits per heavy atom. The Hall–Kier alpha value is -1.05. The fourth-order valence-corrected chi connectivity index (χ4v) is 2.41. The van der Waals surface area contributed by atoms with Gasteiger partial charge < -0.3 is 4.74 Å². The maximum absolute atomic E-state index is 11.5. The Balaban J connectivity index is 3.17. The van der Waals surface area contributed by atoms with Gasteiger partial charge in [-0.25, -0.2) is 0 Å². The van der Waals surface area contributed by atoms with Gasteiger partial charge in [0.25, 0.3) is 0 Å². The molecule has 0 aromatic rings. The van der Waals surface area contributed by atoms with E-state index >= 15 is 0 Å². The van der Waals surface area contributed by atoms with Crippen molar-refractivity contribution in [3.63, 3.8) is 0 Å². The van der Waals surface area contributed by atoms with Crippen LogP contribution < -0.4 is 0 Å². The van der Waals surface area contributed by atoms with Crippen LogP contribution in [0, 0.1) is 0 Å². The molecule has 0 heterocycles. The number of hydrogen-bond donors (Lipinski definition) is 0. The van der Waals surface area contributed by atoms with E-state index in [0.29, 0.717) is 13.0 Å². The first-order chi connectivity index (χ1) is 10.8. The van der Waals surface area contributed by atoms with E-state index in [-0.39, 0.29) is 5.97 Å². The predicted molar refractivity (Wildman–Crippen MR) is 96.0 cm³/mol. The molecule has 0 fully saturated rings. The largest absolute Gasteiger partial charge is 0.466 e. The number of carbonyl (C=O) groups is 1. The molecule has 0 aliphatic heterocycles. The van der Waals surface area contributed by atoms with Gasteiger partial charge in [-0.15, -0.1) is 6.58 Å². The molecule has 0 amide bonds. The van der Waals surface area contributed by atoms with E-state index in [4.69, 9.17) is 4.74 Å². The summed E-state index contributed by atoms with van der Waals surface area (Å²) in [7, 11) is 0. The minimum atomic E-state index is -0.0144. The van der Waals surface area contributed by atoms with Crippen molar-refractivity contribution in [1.82, 2.24) is 0 Å². The third-order valence-electron chi connectivity index (χ3n) is 3.80. The molecule has 0 N–H and O–H groups in total. The predicted octanol–water partition coefficient (Wildman–Crippen LogP) is 6.36. The molecule has 0 bridgehead atoms. The van der Waals surface area contributed by atoms with Crippen LogP contribution in [0.2, 0.25) is 0 Å². The molecule has 22 heavy (non-hydrogen) atoms. The van der Waals surface area contributed by atoms with Crippen molar-refractivity contribution in [1.29, 1.82) is 0 Å². The Morgan fingerprint density at radius 2 is 1.45 bits per heavy atom. The van der Waals surface area contributed by atoms with Gasteiger partial charge in [0.1, 0.15) is 0 Å². The molecule has 0 aliphatic rings. The summed E-state index contributed by atoms with van der Waals surface area (Å²) in [5.74, 6) is -0.0144. The lowest BCUT2D eigenvalue weighted by Crippen LogP contribution is -2.05. The van der Waals surface area contributed by atoms with Gasteiger partial charge >= 0.3 is 5.97 Å². The number of ether oxygens (including phenoxy) is 1. The first-order valence-corrected chi connectivity index (χ1v) is 9.19. The number of carbonyl (C=O) groups excluding carboxylic acids is 1. The highest BCUT2D eigenvalue weighted by Gasteiger charge is 2.02. The summed E-state index contributed by atoms with van der Waals surface area (Å²) in [6, 6.07) is 0. The highest BCUT2D eigenvalue weighted by molar-refractivity contribution is 5.69. The van der Waals surface area contributed by atoms with Crippen molar-refractivity contribution in [2.75, 3.05) is 6.61 Å². The van der Waals surface area contributed by atoms with Crippen molar-refractivity contribution >= 4 is 5.97 Å². The van der Waals surface area contributed by atoms with Gasteiger partial charge in [-0.2, -0.15) is 0 Å². The van der Waals surface area contributed by atoms with Gasteiger partial charge in [0.2, 0.25) is 0 Å². The summed E-state index contributed by atoms with van der Waals surface area (Å²) in [4.78, 5) is 11.5. The second kappa shape index (κ2) is 18.0. The van der Waals surface area contributed by atoms with E-state index < -0.39 is 0 Å². The van der Waals surface area contributed by atoms with Crippen LogP contribution in [0.3, 0.4) is 0 Å². The summed E-state index contributed by atoms with van der Waals surface area (Å²) < 4.78 is 5.27. The molecule has 0 atom stereocenters. The van der Waals surface area contributed by atoms with Crippen molar-refractivity contribution in [3.8, 4) is 0 Å². The van der Waals surface area contributed by atoms with E-state index in [1.165, 1.54) is 44.9 Å². The van der Waals surface area contributed by atoms with E-state index in [1.54, 1.807) is 0 Å². The minimum absolute atomic E-state index is 0.0144. The van der Waals surface area contributed by atoms with Crippen LogP contribution in [0.15, 0.2) is 24.8 Å². The summed E-state index contributed by atoms with van der Waals surface area (Å²) in [6.45, 7) is 6.39. The van der Waals surface area contributed by atoms with Crippen LogP contribution in [0.25, 0.3) is 0 Å². The molecule has 0 rings (SSSR count). The van der Waals surface area contributed by atoms with Gasteiger partial charge in [0.05, 0.1) is 6.61 Å². The van der Waals surface area contributed by atoms with Crippen molar-refractivity contribution < 1.29 is 9.53 Å². The molecular formula is C20H36O2. The average molecular weight is 309 g/mol. The summed E-state index contributed by atoms with van der Waals surface area (Å²) in [5.41, 5.74) is 0. The van der Waals surface area contributed by atoms with E-state index in [0.717, 1.165) is 32.1 Å². The Kier molecular flexibility index (Phi) is 17.1. The summed E-state index contributed by atoms with van der Waals surface area (Å²) in [6.07, 6.45) is 21.0. The lowest BCUT2D eigenvalue weighted by Gasteiger charge is -2.05. The number of esters is 1. The smallest absolute Gasteiger partial charge is 0.305 e. The van der Waals surface area contributed by atoms with Gasteiger partial charge in [-0.3, -0.25) is 4.79 Å². The molecule has 2 nitrogen and oxygen atoms in total. The normalized spacial score (nSPS) is 11.0. The monoisotopic (exact) mass is 308 g/mol. The lowest BCUT2D eigenvalue weighted by molar-refractivity contribution is -0.143. The highest BCUT2D eigenvalue weighted by Crippen LogP contribution is 2.09. The topological polar surface area (TPSA) is 26.3 Å². The number of hydrogen-bond acceptors (Lipinski definition) is 2. The molecule has 0 spiro atoms.